The predicted molar refractivity (Wildman–Crippen MR) is 119 cm³/mol. The first kappa shape index (κ1) is 23.4. The highest BCUT2D eigenvalue weighted by Crippen LogP contribution is 2.31. The van der Waals surface area contributed by atoms with Crippen molar-refractivity contribution in [1.29, 1.82) is 0 Å². The molecule has 0 aliphatic rings. The molecule has 0 aliphatic heterocycles. The zero-order valence-electron chi connectivity index (χ0n) is 18.3. The Labute approximate surface area is 179 Å². The minimum absolute atomic E-state index is 0.0231. The Kier molecular flexibility index (Phi) is 9.35. The Bertz CT molecular complexity index is 793. The van der Waals surface area contributed by atoms with Gasteiger partial charge in [0.15, 0.2) is 0 Å². The molecular formula is C24H32N2O4. The van der Waals surface area contributed by atoms with Crippen LogP contribution >= 0.6 is 0 Å². The Balaban J connectivity index is 2.06. The van der Waals surface area contributed by atoms with E-state index >= 15 is 0 Å². The van der Waals surface area contributed by atoms with Crippen LogP contribution in [-0.4, -0.2) is 45.7 Å². The second kappa shape index (κ2) is 12.0. The molecular weight excluding hydrogens is 380 g/mol. The van der Waals surface area contributed by atoms with E-state index in [-0.39, 0.29) is 18.4 Å². The van der Waals surface area contributed by atoms with Gasteiger partial charge in [0.1, 0.15) is 12.4 Å². The molecule has 0 heterocycles. The lowest BCUT2D eigenvalue weighted by molar-refractivity contribution is -0.125. The summed E-state index contributed by atoms with van der Waals surface area (Å²) in [6.07, 6.45) is 1.87. The van der Waals surface area contributed by atoms with Gasteiger partial charge in [0.25, 0.3) is 0 Å². The van der Waals surface area contributed by atoms with Gasteiger partial charge in [-0.25, -0.2) is 0 Å². The van der Waals surface area contributed by atoms with Crippen LogP contribution in [0.4, 0.5) is 0 Å². The lowest BCUT2D eigenvalue weighted by Gasteiger charge is -2.14. The fraction of sp³-hybridized carbons (Fsp3) is 0.417. The Hall–Kier alpha value is -2.86. The molecule has 2 aromatic carbocycles. The molecule has 0 saturated carbocycles. The van der Waals surface area contributed by atoms with E-state index in [1.54, 1.807) is 14.1 Å². The standard InChI is InChI=1S/C24H32N2O4/c1-17-7-9-19(11-13-29-16-24(28)26-4)14-21(17)22-15-20(10-8-18(22)2)30-12-5-6-23(27)25-3/h7-10,14-15H,5-6,11-13,16H2,1-4H3,(H,25,27)(H,26,28). The molecule has 0 radical (unpaired) electrons. The van der Waals surface area contributed by atoms with E-state index in [4.69, 9.17) is 9.47 Å². The third-order valence-corrected chi connectivity index (χ3v) is 4.94. The molecule has 30 heavy (non-hydrogen) atoms. The van der Waals surface area contributed by atoms with Crippen molar-refractivity contribution in [2.75, 3.05) is 33.9 Å². The predicted octanol–water partition coefficient (Wildman–Crippen LogP) is 3.18. The lowest BCUT2D eigenvalue weighted by Crippen LogP contribution is -2.23. The second-order valence-corrected chi connectivity index (χ2v) is 7.23. The zero-order chi connectivity index (χ0) is 21.9. The lowest BCUT2D eigenvalue weighted by atomic mass is 9.94. The third-order valence-electron chi connectivity index (χ3n) is 4.94. The van der Waals surface area contributed by atoms with Crippen molar-refractivity contribution in [2.24, 2.45) is 0 Å². The van der Waals surface area contributed by atoms with Crippen LogP contribution in [0, 0.1) is 13.8 Å². The average Bonchev–Trinajstić information content (AvgIpc) is 2.76. The average molecular weight is 413 g/mol. The molecule has 2 N–H and O–H groups in total. The fourth-order valence-corrected chi connectivity index (χ4v) is 3.07. The van der Waals surface area contributed by atoms with Gasteiger partial charge < -0.3 is 20.1 Å². The van der Waals surface area contributed by atoms with Gasteiger partial charge in [0, 0.05) is 20.5 Å². The van der Waals surface area contributed by atoms with Crippen LogP contribution in [0.25, 0.3) is 11.1 Å². The molecule has 2 aromatic rings. The topological polar surface area (TPSA) is 76.7 Å². The van der Waals surface area contributed by atoms with Crippen LogP contribution in [0.3, 0.4) is 0 Å². The summed E-state index contributed by atoms with van der Waals surface area (Å²) in [5.41, 5.74) is 5.80. The van der Waals surface area contributed by atoms with Gasteiger partial charge in [-0.15, -0.1) is 0 Å². The smallest absolute Gasteiger partial charge is 0.245 e. The fourth-order valence-electron chi connectivity index (χ4n) is 3.07. The molecule has 2 rings (SSSR count). The molecule has 0 bridgehead atoms. The summed E-state index contributed by atoms with van der Waals surface area (Å²) in [6.45, 7) is 5.25. The molecule has 2 amide bonds. The zero-order valence-corrected chi connectivity index (χ0v) is 18.3. The van der Waals surface area contributed by atoms with Gasteiger partial charge in [-0.3, -0.25) is 9.59 Å². The van der Waals surface area contributed by atoms with Crippen molar-refractivity contribution in [3.8, 4) is 16.9 Å². The molecule has 6 heteroatoms. The van der Waals surface area contributed by atoms with Gasteiger partial charge in [-0.1, -0.05) is 24.3 Å². The van der Waals surface area contributed by atoms with Gasteiger partial charge in [-0.05, 0) is 66.6 Å². The molecule has 0 atom stereocenters. The molecule has 0 fully saturated rings. The highest BCUT2D eigenvalue weighted by atomic mass is 16.5. The molecule has 0 aliphatic carbocycles. The summed E-state index contributed by atoms with van der Waals surface area (Å²) in [5, 5.41) is 5.16. The first-order valence-electron chi connectivity index (χ1n) is 10.3. The maximum absolute atomic E-state index is 11.3. The third kappa shape index (κ3) is 7.19. The summed E-state index contributed by atoms with van der Waals surface area (Å²) >= 11 is 0. The van der Waals surface area contributed by atoms with E-state index in [0.29, 0.717) is 26.1 Å². The number of hydrogen-bond acceptors (Lipinski definition) is 4. The second-order valence-electron chi connectivity index (χ2n) is 7.23. The highest BCUT2D eigenvalue weighted by molar-refractivity contribution is 5.76. The van der Waals surface area contributed by atoms with Crippen molar-refractivity contribution in [3.63, 3.8) is 0 Å². The number of aryl methyl sites for hydroxylation is 2. The Morgan fingerprint density at radius 3 is 2.23 bits per heavy atom. The van der Waals surface area contributed by atoms with E-state index in [0.717, 1.165) is 28.9 Å². The van der Waals surface area contributed by atoms with Crippen LogP contribution in [0.2, 0.25) is 0 Å². The van der Waals surface area contributed by atoms with E-state index < -0.39 is 0 Å². The number of carbonyl (C=O) groups excluding carboxylic acids is 2. The normalized spacial score (nSPS) is 10.5. The highest BCUT2D eigenvalue weighted by Gasteiger charge is 2.09. The monoisotopic (exact) mass is 412 g/mol. The van der Waals surface area contributed by atoms with E-state index in [9.17, 15) is 9.59 Å². The molecule has 162 valence electrons. The summed E-state index contributed by atoms with van der Waals surface area (Å²) in [5.74, 6) is 0.698. The summed E-state index contributed by atoms with van der Waals surface area (Å²) in [6, 6.07) is 12.5. The summed E-state index contributed by atoms with van der Waals surface area (Å²) < 4.78 is 11.3. The quantitative estimate of drug-likeness (QED) is 0.556. The van der Waals surface area contributed by atoms with Crippen molar-refractivity contribution in [3.05, 3.63) is 53.1 Å². The number of hydrogen-bond donors (Lipinski definition) is 2. The number of carbonyl (C=O) groups is 2. The van der Waals surface area contributed by atoms with E-state index in [1.807, 2.05) is 6.07 Å². The molecule has 6 nitrogen and oxygen atoms in total. The van der Waals surface area contributed by atoms with Crippen LogP contribution in [0.15, 0.2) is 36.4 Å². The molecule has 0 aromatic heterocycles. The first-order valence-corrected chi connectivity index (χ1v) is 10.3. The van der Waals surface area contributed by atoms with Gasteiger partial charge in [0.05, 0.1) is 13.2 Å². The van der Waals surface area contributed by atoms with Crippen LogP contribution in [0.1, 0.15) is 29.5 Å². The minimum Gasteiger partial charge on any atom is -0.494 e. The number of benzene rings is 2. The summed E-state index contributed by atoms with van der Waals surface area (Å²) in [4.78, 5) is 22.6. The number of likely N-dealkylation sites (N-methyl/N-ethyl adjacent to an activating group) is 1. The van der Waals surface area contributed by atoms with Gasteiger partial charge in [0.2, 0.25) is 11.8 Å². The van der Waals surface area contributed by atoms with Gasteiger partial charge in [-0.2, -0.15) is 0 Å². The minimum atomic E-state index is -0.123. The maximum atomic E-state index is 11.3. The molecule has 0 spiro atoms. The number of nitrogens with one attached hydrogen (secondary N) is 2. The van der Waals surface area contributed by atoms with Crippen LogP contribution in [0.5, 0.6) is 5.75 Å². The summed E-state index contributed by atoms with van der Waals surface area (Å²) in [7, 11) is 3.24. The van der Waals surface area contributed by atoms with E-state index in [1.165, 1.54) is 11.1 Å². The van der Waals surface area contributed by atoms with Crippen molar-refractivity contribution >= 4 is 11.8 Å². The SMILES string of the molecule is CNC(=O)CCCOc1ccc(C)c(-c2cc(CCOCC(=O)NC)ccc2C)c1. The largest absolute Gasteiger partial charge is 0.494 e. The van der Waals surface area contributed by atoms with Gasteiger partial charge >= 0.3 is 0 Å². The van der Waals surface area contributed by atoms with Crippen molar-refractivity contribution in [2.45, 2.75) is 33.1 Å². The maximum Gasteiger partial charge on any atom is 0.245 e. The first-order chi connectivity index (χ1) is 14.4. The number of amides is 2. The van der Waals surface area contributed by atoms with Crippen molar-refractivity contribution < 1.29 is 19.1 Å². The van der Waals surface area contributed by atoms with E-state index in [2.05, 4.69) is 54.8 Å². The molecule has 0 unspecified atom stereocenters. The number of ether oxygens (including phenoxy) is 2. The Morgan fingerprint density at radius 2 is 1.53 bits per heavy atom. The number of rotatable bonds is 11. The molecule has 0 saturated heterocycles. The Morgan fingerprint density at radius 1 is 0.867 bits per heavy atom. The van der Waals surface area contributed by atoms with Crippen LogP contribution in [-0.2, 0) is 20.7 Å². The van der Waals surface area contributed by atoms with Crippen LogP contribution < -0.4 is 15.4 Å². The van der Waals surface area contributed by atoms with Crippen molar-refractivity contribution in [1.82, 2.24) is 10.6 Å².